The number of amides is 1. The largest absolute Gasteiger partial charge is 0.343 e. The minimum atomic E-state index is 0.352. The summed E-state index contributed by atoms with van der Waals surface area (Å²) in [6.07, 6.45) is 5.46. The molecule has 0 aliphatic carbocycles. The van der Waals surface area contributed by atoms with Crippen molar-refractivity contribution >= 4 is 5.91 Å². The maximum absolute atomic E-state index is 12.0. The first-order valence-corrected chi connectivity index (χ1v) is 6.76. The summed E-state index contributed by atoms with van der Waals surface area (Å²) >= 11 is 0. The lowest BCUT2D eigenvalue weighted by Gasteiger charge is -2.26. The van der Waals surface area contributed by atoms with Crippen molar-refractivity contribution in [3.8, 4) is 0 Å². The van der Waals surface area contributed by atoms with Gasteiger partial charge in [0, 0.05) is 19.5 Å². The highest BCUT2D eigenvalue weighted by atomic mass is 16.2. The predicted octanol–water partition coefficient (Wildman–Crippen LogP) is 2.02. The van der Waals surface area contributed by atoms with Crippen LogP contribution in [-0.2, 0) is 4.79 Å². The van der Waals surface area contributed by atoms with Crippen molar-refractivity contribution in [1.82, 2.24) is 10.2 Å². The number of hydrogen-bond donors (Lipinski definition) is 1. The molecular formula is C13H26N2O. The molecule has 0 radical (unpaired) electrons. The summed E-state index contributed by atoms with van der Waals surface area (Å²) in [6, 6.07) is 0. The molecule has 94 valence electrons. The highest BCUT2D eigenvalue weighted by Crippen LogP contribution is 2.15. The van der Waals surface area contributed by atoms with Crippen molar-refractivity contribution in [2.75, 3.05) is 26.2 Å². The number of nitrogens with zero attached hydrogens (tertiary/aromatic N) is 1. The van der Waals surface area contributed by atoms with Crippen LogP contribution in [0.15, 0.2) is 0 Å². The van der Waals surface area contributed by atoms with Crippen LogP contribution in [0.1, 0.15) is 46.0 Å². The van der Waals surface area contributed by atoms with Crippen LogP contribution in [0.3, 0.4) is 0 Å². The fourth-order valence-corrected chi connectivity index (χ4v) is 2.28. The first-order chi connectivity index (χ1) is 7.77. The molecule has 1 unspecified atom stereocenters. The first-order valence-electron chi connectivity index (χ1n) is 6.76. The molecule has 1 heterocycles. The summed E-state index contributed by atoms with van der Waals surface area (Å²) in [6.45, 7) is 8.19. The van der Waals surface area contributed by atoms with Crippen molar-refractivity contribution < 1.29 is 4.79 Å². The lowest BCUT2D eigenvalue weighted by molar-refractivity contribution is -0.132. The summed E-state index contributed by atoms with van der Waals surface area (Å²) in [4.78, 5) is 14.1. The van der Waals surface area contributed by atoms with Crippen molar-refractivity contribution in [1.29, 1.82) is 0 Å². The smallest absolute Gasteiger partial charge is 0.222 e. The topological polar surface area (TPSA) is 32.3 Å². The van der Waals surface area contributed by atoms with Gasteiger partial charge in [0.25, 0.3) is 0 Å². The average Bonchev–Trinajstić information content (AvgIpc) is 2.31. The van der Waals surface area contributed by atoms with Crippen LogP contribution in [0.4, 0.5) is 0 Å². The van der Waals surface area contributed by atoms with Crippen molar-refractivity contribution in [2.45, 2.75) is 46.0 Å². The molecule has 1 fully saturated rings. The van der Waals surface area contributed by atoms with Crippen molar-refractivity contribution in [3.05, 3.63) is 0 Å². The maximum Gasteiger partial charge on any atom is 0.222 e. The van der Waals surface area contributed by atoms with E-state index in [0.29, 0.717) is 11.8 Å². The van der Waals surface area contributed by atoms with E-state index in [2.05, 4.69) is 19.2 Å². The minimum Gasteiger partial charge on any atom is -0.343 e. The molecule has 0 aromatic carbocycles. The fourth-order valence-electron chi connectivity index (χ4n) is 2.28. The van der Waals surface area contributed by atoms with Crippen LogP contribution in [0.2, 0.25) is 0 Å². The van der Waals surface area contributed by atoms with Crippen LogP contribution in [0, 0.1) is 5.92 Å². The second-order valence-electron chi connectivity index (χ2n) is 4.74. The Morgan fingerprint density at radius 1 is 1.44 bits per heavy atom. The van der Waals surface area contributed by atoms with E-state index >= 15 is 0 Å². The maximum atomic E-state index is 12.0. The number of hydrogen-bond acceptors (Lipinski definition) is 2. The molecule has 3 heteroatoms. The Kier molecular flexibility index (Phi) is 6.46. The summed E-state index contributed by atoms with van der Waals surface area (Å²) in [5.74, 6) is 0.918. The zero-order valence-corrected chi connectivity index (χ0v) is 10.8. The Hall–Kier alpha value is -0.570. The van der Waals surface area contributed by atoms with E-state index < -0.39 is 0 Å². The number of carbonyl (C=O) groups excluding carboxylic acids is 1. The van der Waals surface area contributed by atoms with Gasteiger partial charge in [0.05, 0.1) is 0 Å². The molecule has 1 aliphatic rings. The first kappa shape index (κ1) is 13.5. The third kappa shape index (κ3) is 4.52. The lowest BCUT2D eigenvalue weighted by Crippen LogP contribution is -2.37. The van der Waals surface area contributed by atoms with Gasteiger partial charge in [-0.15, -0.1) is 0 Å². The molecule has 0 saturated carbocycles. The van der Waals surface area contributed by atoms with Gasteiger partial charge in [0.1, 0.15) is 0 Å². The number of rotatable bonds is 6. The van der Waals surface area contributed by atoms with E-state index in [0.717, 1.165) is 45.4 Å². The summed E-state index contributed by atoms with van der Waals surface area (Å²) in [5.41, 5.74) is 0. The van der Waals surface area contributed by atoms with E-state index in [4.69, 9.17) is 0 Å². The molecule has 1 aliphatic heterocycles. The monoisotopic (exact) mass is 226 g/mol. The molecular weight excluding hydrogens is 200 g/mol. The van der Waals surface area contributed by atoms with Gasteiger partial charge < -0.3 is 10.2 Å². The van der Waals surface area contributed by atoms with Gasteiger partial charge in [-0.05, 0) is 45.2 Å². The van der Waals surface area contributed by atoms with Gasteiger partial charge in [-0.3, -0.25) is 4.79 Å². The number of nitrogens with one attached hydrogen (secondary N) is 1. The summed E-state index contributed by atoms with van der Waals surface area (Å²) in [5, 5.41) is 3.37. The van der Waals surface area contributed by atoms with Crippen molar-refractivity contribution in [3.63, 3.8) is 0 Å². The fraction of sp³-hybridized carbons (Fsp3) is 0.923. The second kappa shape index (κ2) is 7.66. The third-order valence-electron chi connectivity index (χ3n) is 3.38. The molecule has 1 saturated heterocycles. The van der Waals surface area contributed by atoms with Gasteiger partial charge in [-0.25, -0.2) is 0 Å². The van der Waals surface area contributed by atoms with E-state index in [1.54, 1.807) is 0 Å². The van der Waals surface area contributed by atoms with Gasteiger partial charge in [0.2, 0.25) is 5.91 Å². The molecule has 1 N–H and O–H groups in total. The van der Waals surface area contributed by atoms with E-state index in [1.807, 2.05) is 4.90 Å². The van der Waals surface area contributed by atoms with E-state index in [1.165, 1.54) is 12.8 Å². The van der Waals surface area contributed by atoms with Crippen LogP contribution in [-0.4, -0.2) is 37.0 Å². The lowest BCUT2D eigenvalue weighted by atomic mass is 9.95. The van der Waals surface area contributed by atoms with Gasteiger partial charge in [-0.1, -0.05) is 13.3 Å². The summed E-state index contributed by atoms with van der Waals surface area (Å²) in [7, 11) is 0. The van der Waals surface area contributed by atoms with Gasteiger partial charge >= 0.3 is 0 Å². The Bertz CT molecular complexity index is 200. The molecule has 0 aromatic heterocycles. The number of piperidine rings is 1. The molecule has 1 rings (SSSR count). The average molecular weight is 226 g/mol. The summed E-state index contributed by atoms with van der Waals surface area (Å²) < 4.78 is 0. The molecule has 0 spiro atoms. The third-order valence-corrected chi connectivity index (χ3v) is 3.38. The van der Waals surface area contributed by atoms with Crippen LogP contribution < -0.4 is 5.32 Å². The molecule has 1 amide bonds. The normalized spacial score (nSPS) is 20.8. The van der Waals surface area contributed by atoms with Crippen LogP contribution >= 0.6 is 0 Å². The Labute approximate surface area is 99.6 Å². The number of carbonyl (C=O) groups is 1. The van der Waals surface area contributed by atoms with Gasteiger partial charge in [-0.2, -0.15) is 0 Å². The zero-order chi connectivity index (χ0) is 11.8. The minimum absolute atomic E-state index is 0.352. The zero-order valence-electron chi connectivity index (χ0n) is 10.8. The second-order valence-corrected chi connectivity index (χ2v) is 4.74. The SMILES string of the molecule is CCCCN(CC)C(=O)CC1CCCNC1. The Balaban J connectivity index is 2.29. The molecule has 3 nitrogen and oxygen atoms in total. The number of unbranched alkanes of at least 4 members (excludes halogenated alkanes) is 1. The van der Waals surface area contributed by atoms with Crippen molar-refractivity contribution in [2.24, 2.45) is 5.92 Å². The Morgan fingerprint density at radius 2 is 2.25 bits per heavy atom. The molecule has 16 heavy (non-hydrogen) atoms. The van der Waals surface area contributed by atoms with Gasteiger partial charge in [0.15, 0.2) is 0 Å². The standard InChI is InChI=1S/C13H26N2O/c1-3-5-9-15(4-2)13(16)10-12-7-6-8-14-11-12/h12,14H,3-11H2,1-2H3. The van der Waals surface area contributed by atoms with Crippen LogP contribution in [0.25, 0.3) is 0 Å². The molecule has 0 aromatic rings. The quantitative estimate of drug-likeness (QED) is 0.751. The van der Waals surface area contributed by atoms with E-state index in [-0.39, 0.29) is 0 Å². The van der Waals surface area contributed by atoms with E-state index in [9.17, 15) is 4.79 Å². The van der Waals surface area contributed by atoms with Crippen LogP contribution in [0.5, 0.6) is 0 Å². The molecule has 1 atom stereocenters. The molecule has 0 bridgehead atoms. The Morgan fingerprint density at radius 3 is 2.81 bits per heavy atom. The predicted molar refractivity (Wildman–Crippen MR) is 67.4 cm³/mol. The highest BCUT2D eigenvalue weighted by molar-refractivity contribution is 5.76. The highest BCUT2D eigenvalue weighted by Gasteiger charge is 2.19.